The third-order valence-corrected chi connectivity index (χ3v) is 6.52. The van der Waals surface area contributed by atoms with Gasteiger partial charge < -0.3 is 5.11 Å². The lowest BCUT2D eigenvalue weighted by atomic mass is 10.3. The minimum atomic E-state index is -1.76. The molecule has 1 rings (SSSR count). The Morgan fingerprint density at radius 3 is 2.44 bits per heavy atom. The monoisotopic (exact) mass is 234 g/mol. The molecule has 1 N–H and O–H groups in total. The Bertz CT molecular complexity index is 330. The molecule has 0 fully saturated rings. The zero-order valence-corrected chi connectivity index (χ0v) is 11.5. The van der Waals surface area contributed by atoms with Gasteiger partial charge >= 0.3 is 0 Å². The van der Waals surface area contributed by atoms with Crippen LogP contribution in [0.1, 0.15) is 19.8 Å². The summed E-state index contributed by atoms with van der Waals surface area (Å²) in [7, 11) is -1.76. The summed E-state index contributed by atoms with van der Waals surface area (Å²) in [6.07, 6.45) is 6.26. The van der Waals surface area contributed by atoms with E-state index in [1.807, 2.05) is 24.3 Å². The molecule has 0 saturated carbocycles. The first-order chi connectivity index (χ1) is 7.59. The fourth-order valence-electron chi connectivity index (χ4n) is 1.67. The molecular weight excluding hydrogens is 212 g/mol. The van der Waals surface area contributed by atoms with Crippen LogP contribution in [0.25, 0.3) is 0 Å². The minimum absolute atomic E-state index is 0.290. The number of hydrogen-bond acceptors (Lipinski definition) is 1. The molecule has 0 aliphatic carbocycles. The Labute approximate surface area is 99.8 Å². The number of benzene rings is 1. The van der Waals surface area contributed by atoms with Crippen molar-refractivity contribution >= 4 is 13.3 Å². The van der Waals surface area contributed by atoms with Crippen molar-refractivity contribution < 1.29 is 5.11 Å². The lowest BCUT2D eigenvalue weighted by Gasteiger charge is -2.26. The topological polar surface area (TPSA) is 20.2 Å². The fraction of sp³-hybridized carbons (Fsp3) is 0.429. The van der Waals surface area contributed by atoms with E-state index in [0.29, 0.717) is 0 Å². The third-order valence-electron chi connectivity index (χ3n) is 3.03. The van der Waals surface area contributed by atoms with E-state index in [2.05, 4.69) is 38.2 Å². The summed E-state index contributed by atoms with van der Waals surface area (Å²) in [4.78, 5) is 0. The van der Waals surface area contributed by atoms with Crippen molar-refractivity contribution in [2.24, 2.45) is 0 Å². The van der Waals surface area contributed by atoms with Gasteiger partial charge in [-0.15, -0.1) is 0 Å². The number of aliphatic hydroxyl groups excluding tert-OH is 1. The van der Waals surface area contributed by atoms with Crippen molar-refractivity contribution in [3.63, 3.8) is 0 Å². The molecule has 1 aromatic rings. The molecule has 2 heteroatoms. The summed E-state index contributed by atoms with van der Waals surface area (Å²) in [6, 6.07) is 10.4. The molecular formula is C14H22OSi. The lowest BCUT2D eigenvalue weighted by molar-refractivity contribution is 0.292. The van der Waals surface area contributed by atoms with Gasteiger partial charge in [-0.1, -0.05) is 74.1 Å². The Kier molecular flexibility index (Phi) is 4.96. The molecule has 0 aliphatic rings. The van der Waals surface area contributed by atoms with E-state index in [-0.39, 0.29) is 5.73 Å². The molecule has 0 aromatic heterocycles. The van der Waals surface area contributed by atoms with Crippen LogP contribution in [-0.2, 0) is 0 Å². The zero-order chi connectivity index (χ0) is 12.0. The van der Waals surface area contributed by atoms with Gasteiger partial charge in [-0.2, -0.15) is 0 Å². The van der Waals surface area contributed by atoms with Gasteiger partial charge in [-0.05, 0) is 6.42 Å². The summed E-state index contributed by atoms with van der Waals surface area (Å²) < 4.78 is 0. The Morgan fingerprint density at radius 2 is 1.88 bits per heavy atom. The second-order valence-corrected chi connectivity index (χ2v) is 9.36. The highest BCUT2D eigenvalue weighted by Crippen LogP contribution is 2.10. The lowest BCUT2D eigenvalue weighted by Crippen LogP contribution is -2.51. The standard InChI is InChI=1S/C14H22OSi/c1-4-5-7-12-14(15)16(2,3)13-10-8-6-9-11-13/h6-12,14-15H,4-5H2,1-3H3/b12-7+. The van der Waals surface area contributed by atoms with E-state index in [9.17, 15) is 5.11 Å². The molecule has 1 nitrogen and oxygen atoms in total. The van der Waals surface area contributed by atoms with Gasteiger partial charge in [0.1, 0.15) is 8.07 Å². The average Bonchev–Trinajstić information content (AvgIpc) is 2.30. The largest absolute Gasteiger partial charge is 0.392 e. The molecule has 88 valence electrons. The average molecular weight is 234 g/mol. The van der Waals surface area contributed by atoms with Crippen LogP contribution >= 0.6 is 0 Å². The molecule has 0 aliphatic heterocycles. The number of allylic oxidation sites excluding steroid dienone is 1. The quantitative estimate of drug-likeness (QED) is 0.613. The molecule has 0 bridgehead atoms. The number of unbranched alkanes of at least 4 members (excludes halogenated alkanes) is 1. The van der Waals surface area contributed by atoms with Crippen LogP contribution in [0.15, 0.2) is 42.5 Å². The van der Waals surface area contributed by atoms with Crippen LogP contribution in [-0.4, -0.2) is 18.9 Å². The molecule has 1 aromatic carbocycles. The minimum Gasteiger partial charge on any atom is -0.392 e. The number of aliphatic hydroxyl groups is 1. The van der Waals surface area contributed by atoms with Crippen LogP contribution in [0, 0.1) is 0 Å². The second kappa shape index (κ2) is 6.02. The molecule has 0 spiro atoms. The van der Waals surface area contributed by atoms with E-state index < -0.39 is 8.07 Å². The maximum atomic E-state index is 10.2. The van der Waals surface area contributed by atoms with E-state index in [4.69, 9.17) is 0 Å². The zero-order valence-electron chi connectivity index (χ0n) is 10.5. The van der Waals surface area contributed by atoms with Crippen molar-refractivity contribution in [2.45, 2.75) is 38.6 Å². The van der Waals surface area contributed by atoms with E-state index >= 15 is 0 Å². The van der Waals surface area contributed by atoms with Crippen LogP contribution < -0.4 is 5.19 Å². The SMILES string of the molecule is CCC/C=C/C(O)[Si](C)(C)c1ccccc1. The van der Waals surface area contributed by atoms with Crippen molar-refractivity contribution in [1.82, 2.24) is 0 Å². The van der Waals surface area contributed by atoms with E-state index in [1.165, 1.54) is 5.19 Å². The van der Waals surface area contributed by atoms with Crippen molar-refractivity contribution in [1.29, 1.82) is 0 Å². The van der Waals surface area contributed by atoms with Gasteiger partial charge in [0.15, 0.2) is 0 Å². The summed E-state index contributed by atoms with van der Waals surface area (Å²) in [6.45, 7) is 6.57. The molecule has 0 radical (unpaired) electrons. The van der Waals surface area contributed by atoms with Crippen molar-refractivity contribution in [3.8, 4) is 0 Å². The number of rotatable bonds is 5. The van der Waals surface area contributed by atoms with Gasteiger partial charge in [0.05, 0.1) is 5.73 Å². The second-order valence-electron chi connectivity index (χ2n) is 4.75. The molecule has 1 unspecified atom stereocenters. The predicted molar refractivity (Wildman–Crippen MR) is 73.6 cm³/mol. The highest BCUT2D eigenvalue weighted by atomic mass is 28.3. The first-order valence-electron chi connectivity index (χ1n) is 5.99. The maximum absolute atomic E-state index is 10.2. The maximum Gasteiger partial charge on any atom is 0.118 e. The van der Waals surface area contributed by atoms with Gasteiger partial charge in [0.2, 0.25) is 0 Å². The van der Waals surface area contributed by atoms with Gasteiger partial charge in [-0.25, -0.2) is 0 Å². The Balaban J connectivity index is 2.77. The Morgan fingerprint density at radius 1 is 1.25 bits per heavy atom. The number of hydrogen-bond donors (Lipinski definition) is 1. The highest BCUT2D eigenvalue weighted by Gasteiger charge is 2.30. The molecule has 1 atom stereocenters. The van der Waals surface area contributed by atoms with Gasteiger partial charge in [0, 0.05) is 0 Å². The summed E-state index contributed by atoms with van der Waals surface area (Å²) >= 11 is 0. The normalized spacial score (nSPS) is 14.2. The molecule has 0 amide bonds. The first-order valence-corrected chi connectivity index (χ1v) is 9.07. The van der Waals surface area contributed by atoms with E-state index in [0.717, 1.165) is 12.8 Å². The van der Waals surface area contributed by atoms with Crippen molar-refractivity contribution in [3.05, 3.63) is 42.5 Å². The van der Waals surface area contributed by atoms with Crippen LogP contribution in [0.4, 0.5) is 0 Å². The third kappa shape index (κ3) is 3.32. The Hall–Kier alpha value is -0.863. The van der Waals surface area contributed by atoms with Crippen LogP contribution in [0.5, 0.6) is 0 Å². The van der Waals surface area contributed by atoms with Gasteiger partial charge in [0.25, 0.3) is 0 Å². The fourth-order valence-corrected chi connectivity index (χ4v) is 3.68. The summed E-state index contributed by atoms with van der Waals surface area (Å²) in [5.74, 6) is 0. The van der Waals surface area contributed by atoms with E-state index in [1.54, 1.807) is 0 Å². The smallest absolute Gasteiger partial charge is 0.118 e. The molecule has 0 saturated heterocycles. The highest BCUT2D eigenvalue weighted by molar-refractivity contribution is 6.91. The van der Waals surface area contributed by atoms with Crippen LogP contribution in [0.3, 0.4) is 0 Å². The van der Waals surface area contributed by atoms with Gasteiger partial charge in [-0.3, -0.25) is 0 Å². The summed E-state index contributed by atoms with van der Waals surface area (Å²) in [5.41, 5.74) is -0.290. The predicted octanol–water partition coefficient (Wildman–Crippen LogP) is 2.86. The summed E-state index contributed by atoms with van der Waals surface area (Å²) in [5, 5.41) is 11.5. The molecule has 16 heavy (non-hydrogen) atoms. The van der Waals surface area contributed by atoms with Crippen molar-refractivity contribution in [2.75, 3.05) is 0 Å². The van der Waals surface area contributed by atoms with Crippen LogP contribution in [0.2, 0.25) is 13.1 Å². The molecule has 0 heterocycles. The first kappa shape index (κ1) is 13.2.